The Morgan fingerprint density at radius 1 is 1.42 bits per heavy atom. The maximum Gasteiger partial charge on any atom is 0.150 e. The van der Waals surface area contributed by atoms with Gasteiger partial charge in [-0.3, -0.25) is 4.98 Å². The van der Waals surface area contributed by atoms with Crippen LogP contribution in [0.15, 0.2) is 28.9 Å². The summed E-state index contributed by atoms with van der Waals surface area (Å²) in [7, 11) is 0. The third-order valence-corrected chi connectivity index (χ3v) is 1.99. The molecule has 12 heavy (non-hydrogen) atoms. The van der Waals surface area contributed by atoms with Crippen molar-refractivity contribution in [3.63, 3.8) is 0 Å². The molecule has 0 amide bonds. The van der Waals surface area contributed by atoms with Crippen LogP contribution in [0.25, 0.3) is 10.9 Å². The number of halogens is 2. The minimum atomic E-state index is -0.333. The summed E-state index contributed by atoms with van der Waals surface area (Å²) in [6.45, 7) is 0. The van der Waals surface area contributed by atoms with Gasteiger partial charge in [0.15, 0.2) is 0 Å². The average molecular weight is 225 g/mol. The first kappa shape index (κ1) is 7.68. The molecule has 0 unspecified atom stereocenters. The number of rotatable bonds is 0. The number of pyridine rings is 1. The van der Waals surface area contributed by atoms with E-state index in [2.05, 4.69) is 27.0 Å². The van der Waals surface area contributed by atoms with Gasteiger partial charge in [0.25, 0.3) is 0 Å². The van der Waals surface area contributed by atoms with E-state index in [1.807, 2.05) is 6.07 Å². The van der Waals surface area contributed by atoms with E-state index in [1.54, 1.807) is 12.3 Å². The van der Waals surface area contributed by atoms with Crippen LogP contribution in [0, 0.1) is 11.9 Å². The van der Waals surface area contributed by atoms with Crippen LogP contribution >= 0.6 is 15.9 Å². The number of benzene rings is 1. The van der Waals surface area contributed by atoms with Crippen molar-refractivity contribution < 1.29 is 4.39 Å². The number of hydrogen-bond acceptors (Lipinski definition) is 1. The second kappa shape index (κ2) is 2.83. The summed E-state index contributed by atoms with van der Waals surface area (Å²) < 4.78 is 13.9. The Balaban J connectivity index is 2.86. The lowest BCUT2D eigenvalue weighted by Gasteiger charge is -1.97. The molecule has 0 spiro atoms. The number of hydrogen-bond donors (Lipinski definition) is 0. The first-order valence-corrected chi connectivity index (χ1v) is 4.17. The molecule has 3 heteroatoms. The lowest BCUT2D eigenvalue weighted by Crippen LogP contribution is -1.83. The van der Waals surface area contributed by atoms with Gasteiger partial charge < -0.3 is 0 Å². The molecular weight excluding hydrogens is 221 g/mol. The fourth-order valence-electron chi connectivity index (χ4n) is 1.04. The van der Waals surface area contributed by atoms with Crippen LogP contribution < -0.4 is 0 Å². The van der Waals surface area contributed by atoms with Gasteiger partial charge in [0.1, 0.15) is 11.3 Å². The molecule has 1 radical (unpaired) electrons. The van der Waals surface area contributed by atoms with Crippen LogP contribution in [0.5, 0.6) is 0 Å². The van der Waals surface area contributed by atoms with Crippen LogP contribution in [-0.2, 0) is 0 Å². The molecule has 59 valence electrons. The summed E-state index contributed by atoms with van der Waals surface area (Å²) >= 11 is 3.26. The largest absolute Gasteiger partial charge is 0.252 e. The van der Waals surface area contributed by atoms with Crippen molar-refractivity contribution in [3.8, 4) is 0 Å². The van der Waals surface area contributed by atoms with Crippen molar-refractivity contribution in [2.45, 2.75) is 0 Å². The van der Waals surface area contributed by atoms with E-state index in [9.17, 15) is 4.39 Å². The summed E-state index contributed by atoms with van der Waals surface area (Å²) in [6.07, 6.45) is 1.57. The van der Waals surface area contributed by atoms with E-state index in [1.165, 1.54) is 6.07 Å². The van der Waals surface area contributed by atoms with E-state index >= 15 is 0 Å². The van der Waals surface area contributed by atoms with E-state index in [-0.39, 0.29) is 5.82 Å². The van der Waals surface area contributed by atoms with Gasteiger partial charge >= 0.3 is 0 Å². The van der Waals surface area contributed by atoms with Crippen LogP contribution in [0.2, 0.25) is 0 Å². The van der Waals surface area contributed by atoms with Crippen LogP contribution in [-0.4, -0.2) is 4.98 Å². The highest BCUT2D eigenvalue weighted by molar-refractivity contribution is 9.10. The molecule has 0 saturated carbocycles. The van der Waals surface area contributed by atoms with E-state index in [4.69, 9.17) is 0 Å². The van der Waals surface area contributed by atoms with Gasteiger partial charge in [-0.1, -0.05) is 0 Å². The van der Waals surface area contributed by atoms with E-state index in [0.717, 1.165) is 9.86 Å². The van der Waals surface area contributed by atoms with Crippen molar-refractivity contribution in [3.05, 3.63) is 40.8 Å². The first-order chi connectivity index (χ1) is 5.77. The van der Waals surface area contributed by atoms with Crippen molar-refractivity contribution in [2.75, 3.05) is 0 Å². The van der Waals surface area contributed by atoms with Crippen LogP contribution in [0.4, 0.5) is 4.39 Å². The molecular formula is C9H4BrFN. The Bertz CT molecular complexity index is 428. The first-order valence-electron chi connectivity index (χ1n) is 3.38. The monoisotopic (exact) mass is 224 g/mol. The summed E-state index contributed by atoms with van der Waals surface area (Å²) in [5.74, 6) is -0.333. The van der Waals surface area contributed by atoms with E-state index < -0.39 is 0 Å². The Kier molecular flexibility index (Phi) is 1.81. The number of nitrogens with zero attached hydrogens (tertiary/aromatic N) is 1. The van der Waals surface area contributed by atoms with Gasteiger partial charge in [-0.2, -0.15) is 0 Å². The highest BCUT2D eigenvalue weighted by atomic mass is 79.9. The minimum Gasteiger partial charge on any atom is -0.252 e. The molecule has 0 aliphatic heterocycles. The number of fused-ring (bicyclic) bond motifs is 1. The molecule has 0 aliphatic carbocycles. The number of aromatic nitrogens is 1. The standard InChI is InChI=1S/C9H4BrFN/c10-7-4-6-2-1-3-8(11)9(6)12-5-7/h2-5H. The third kappa shape index (κ3) is 1.20. The fraction of sp³-hybridized carbons (Fsp3) is 0. The van der Waals surface area contributed by atoms with Gasteiger partial charge in [-0.05, 0) is 40.2 Å². The highest BCUT2D eigenvalue weighted by Crippen LogP contribution is 2.18. The second-order valence-corrected chi connectivity index (χ2v) is 3.31. The molecule has 0 atom stereocenters. The average Bonchev–Trinajstić information content (AvgIpc) is 2.04. The Labute approximate surface area is 77.4 Å². The molecule has 1 aromatic carbocycles. The minimum absolute atomic E-state index is 0.333. The van der Waals surface area contributed by atoms with Crippen molar-refractivity contribution in [1.29, 1.82) is 0 Å². The second-order valence-electron chi connectivity index (χ2n) is 2.39. The molecule has 2 rings (SSSR count). The zero-order valence-electron chi connectivity index (χ0n) is 6.01. The Morgan fingerprint density at radius 3 is 3.08 bits per heavy atom. The molecule has 0 aliphatic rings. The zero-order chi connectivity index (χ0) is 8.55. The van der Waals surface area contributed by atoms with Crippen molar-refractivity contribution in [2.24, 2.45) is 0 Å². The van der Waals surface area contributed by atoms with Gasteiger partial charge in [-0.25, -0.2) is 4.39 Å². The normalized spacial score (nSPS) is 10.5. The summed E-state index contributed by atoms with van der Waals surface area (Å²) in [5, 5.41) is 0.754. The summed E-state index contributed by atoms with van der Waals surface area (Å²) in [5.41, 5.74) is 0.386. The van der Waals surface area contributed by atoms with Crippen LogP contribution in [0.3, 0.4) is 0 Å². The third-order valence-electron chi connectivity index (χ3n) is 1.56. The Morgan fingerprint density at radius 2 is 2.25 bits per heavy atom. The molecule has 1 aromatic heterocycles. The lowest BCUT2D eigenvalue weighted by molar-refractivity contribution is 0.636. The smallest absolute Gasteiger partial charge is 0.150 e. The van der Waals surface area contributed by atoms with Crippen molar-refractivity contribution in [1.82, 2.24) is 4.98 Å². The fourth-order valence-corrected chi connectivity index (χ4v) is 1.39. The Hall–Kier alpha value is -0.960. The molecule has 2 aromatic rings. The van der Waals surface area contributed by atoms with Crippen molar-refractivity contribution >= 4 is 26.8 Å². The lowest BCUT2D eigenvalue weighted by atomic mass is 10.2. The molecule has 0 bridgehead atoms. The summed E-state index contributed by atoms with van der Waals surface area (Å²) in [4.78, 5) is 3.94. The van der Waals surface area contributed by atoms with Gasteiger partial charge in [0.05, 0.1) is 0 Å². The van der Waals surface area contributed by atoms with Gasteiger partial charge in [0.2, 0.25) is 0 Å². The summed E-state index contributed by atoms with van der Waals surface area (Å²) in [6, 6.07) is 7.49. The molecule has 0 fully saturated rings. The SMILES string of the molecule is Fc1c[c]cc2cc(Br)cnc12. The maximum absolute atomic E-state index is 13.0. The van der Waals surface area contributed by atoms with Gasteiger partial charge in [0, 0.05) is 16.1 Å². The molecule has 0 saturated heterocycles. The highest BCUT2D eigenvalue weighted by Gasteiger charge is 2.00. The zero-order valence-corrected chi connectivity index (χ0v) is 7.60. The topological polar surface area (TPSA) is 12.9 Å². The molecule has 0 N–H and O–H groups in total. The van der Waals surface area contributed by atoms with E-state index in [0.29, 0.717) is 5.52 Å². The quantitative estimate of drug-likeness (QED) is 0.671. The van der Waals surface area contributed by atoms with Crippen LogP contribution in [0.1, 0.15) is 0 Å². The maximum atomic E-state index is 13.0. The molecule has 1 heterocycles. The predicted octanol–water partition coefficient (Wildman–Crippen LogP) is 2.94. The van der Waals surface area contributed by atoms with Gasteiger partial charge in [-0.15, -0.1) is 0 Å². The molecule has 1 nitrogen and oxygen atoms in total. The predicted molar refractivity (Wildman–Crippen MR) is 48.2 cm³/mol.